The number of ketones is 1. The molecular weight excluding hydrogens is 468 g/mol. The van der Waals surface area contributed by atoms with Crippen molar-refractivity contribution < 1.29 is 14.3 Å². The maximum Gasteiger partial charge on any atom is 0.200 e. The highest BCUT2D eigenvalue weighted by Gasteiger charge is 2.10. The van der Waals surface area contributed by atoms with E-state index in [1.54, 1.807) is 49.6 Å². The number of halogens is 1. The van der Waals surface area contributed by atoms with Crippen LogP contribution in [0.1, 0.15) is 20.9 Å². The number of benzene rings is 3. The number of aromatic nitrogens is 1. The molecule has 0 spiro atoms. The van der Waals surface area contributed by atoms with E-state index in [1.807, 2.05) is 41.8 Å². The van der Waals surface area contributed by atoms with Crippen LogP contribution in [0.2, 0.25) is 5.02 Å². The Labute approximate surface area is 206 Å². The van der Waals surface area contributed by atoms with Gasteiger partial charge in [0.25, 0.3) is 0 Å². The van der Waals surface area contributed by atoms with Crippen LogP contribution in [-0.4, -0.2) is 24.5 Å². The van der Waals surface area contributed by atoms with Crippen molar-refractivity contribution in [2.45, 2.75) is 0 Å². The van der Waals surface area contributed by atoms with Gasteiger partial charge in [0.15, 0.2) is 12.4 Å². The van der Waals surface area contributed by atoms with Gasteiger partial charge in [-0.1, -0.05) is 35.9 Å². The second-order valence-corrected chi connectivity index (χ2v) is 8.52. The van der Waals surface area contributed by atoms with Crippen molar-refractivity contribution in [1.29, 1.82) is 5.26 Å². The van der Waals surface area contributed by atoms with Crippen molar-refractivity contribution in [1.82, 2.24) is 4.98 Å². The monoisotopic (exact) mass is 486 g/mol. The fourth-order valence-corrected chi connectivity index (χ4v) is 4.05. The molecule has 0 atom stereocenters. The van der Waals surface area contributed by atoms with Gasteiger partial charge >= 0.3 is 0 Å². The highest BCUT2D eigenvalue weighted by Crippen LogP contribution is 2.28. The van der Waals surface area contributed by atoms with Crippen molar-refractivity contribution in [2.75, 3.05) is 13.7 Å². The van der Waals surface area contributed by atoms with Gasteiger partial charge in [0.1, 0.15) is 22.6 Å². The first-order chi connectivity index (χ1) is 16.6. The summed E-state index contributed by atoms with van der Waals surface area (Å²) in [5, 5.41) is 12.9. The minimum atomic E-state index is -0.126. The molecule has 168 valence electrons. The van der Waals surface area contributed by atoms with Gasteiger partial charge in [-0.05, 0) is 60.2 Å². The molecule has 0 fully saturated rings. The second kappa shape index (κ2) is 10.8. The molecule has 0 amide bonds. The van der Waals surface area contributed by atoms with Gasteiger partial charge in [-0.3, -0.25) is 4.79 Å². The molecule has 4 aromatic rings. The Hall–Kier alpha value is -3.92. The molecule has 5 nitrogen and oxygen atoms in total. The van der Waals surface area contributed by atoms with E-state index < -0.39 is 0 Å². The smallest absolute Gasteiger partial charge is 0.200 e. The van der Waals surface area contributed by atoms with Gasteiger partial charge in [0.05, 0.1) is 18.4 Å². The molecule has 0 bridgehead atoms. The quantitative estimate of drug-likeness (QED) is 0.202. The molecule has 34 heavy (non-hydrogen) atoms. The SMILES string of the molecule is COc1ccc(C(=O)COc2ccc(C=C(C#N)c3nc(-c4ccc(Cl)cc4)cs3)cc2)cc1. The third-order valence-corrected chi connectivity index (χ3v) is 6.10. The highest BCUT2D eigenvalue weighted by atomic mass is 35.5. The number of Topliss-reactive ketones (excluding diaryl/α,β-unsaturated/α-hetero) is 1. The van der Waals surface area contributed by atoms with Crippen molar-refractivity contribution in [2.24, 2.45) is 0 Å². The Morgan fingerprint density at radius 1 is 1.03 bits per heavy atom. The Bertz CT molecular complexity index is 1350. The van der Waals surface area contributed by atoms with Gasteiger partial charge in [0.2, 0.25) is 0 Å². The summed E-state index contributed by atoms with van der Waals surface area (Å²) in [6, 6.07) is 23.7. The van der Waals surface area contributed by atoms with Gasteiger partial charge in [-0.2, -0.15) is 5.26 Å². The number of allylic oxidation sites excluding steroid dienone is 1. The summed E-state index contributed by atoms with van der Waals surface area (Å²) in [6.45, 7) is -0.0719. The zero-order valence-corrected chi connectivity index (χ0v) is 19.8. The lowest BCUT2D eigenvalue weighted by molar-refractivity contribution is 0.0921. The number of nitriles is 1. The van der Waals surface area contributed by atoms with Crippen LogP contribution in [0, 0.1) is 11.3 Å². The summed E-state index contributed by atoms with van der Waals surface area (Å²) in [6.07, 6.45) is 1.77. The lowest BCUT2D eigenvalue weighted by Gasteiger charge is -2.07. The minimum absolute atomic E-state index is 0.0719. The number of carbonyl (C=O) groups is 1. The van der Waals surface area contributed by atoms with Crippen molar-refractivity contribution >= 4 is 40.4 Å². The van der Waals surface area contributed by atoms with E-state index in [0.29, 0.717) is 32.7 Å². The highest BCUT2D eigenvalue weighted by molar-refractivity contribution is 7.11. The fourth-order valence-electron chi connectivity index (χ4n) is 3.13. The molecule has 0 radical (unpaired) electrons. The predicted octanol–water partition coefficient (Wildman–Crippen LogP) is 6.80. The molecule has 0 unspecified atom stereocenters. The molecule has 3 aromatic carbocycles. The number of methoxy groups -OCH3 is 1. The van der Waals surface area contributed by atoms with E-state index in [4.69, 9.17) is 21.1 Å². The normalized spacial score (nSPS) is 11.0. The van der Waals surface area contributed by atoms with E-state index >= 15 is 0 Å². The van der Waals surface area contributed by atoms with Crippen molar-refractivity contribution in [3.63, 3.8) is 0 Å². The van der Waals surface area contributed by atoms with E-state index in [-0.39, 0.29) is 12.4 Å². The maximum atomic E-state index is 12.3. The number of nitrogens with zero attached hydrogens (tertiary/aromatic N) is 2. The van der Waals surface area contributed by atoms with Crippen LogP contribution in [0.5, 0.6) is 11.5 Å². The number of carbonyl (C=O) groups excluding carboxylic acids is 1. The Morgan fingerprint density at radius 3 is 2.35 bits per heavy atom. The number of hydrogen-bond acceptors (Lipinski definition) is 6. The van der Waals surface area contributed by atoms with Crippen LogP contribution >= 0.6 is 22.9 Å². The van der Waals surface area contributed by atoms with Crippen molar-refractivity contribution in [3.05, 3.63) is 99.3 Å². The lowest BCUT2D eigenvalue weighted by atomic mass is 10.1. The van der Waals surface area contributed by atoms with E-state index in [0.717, 1.165) is 16.8 Å². The zero-order valence-electron chi connectivity index (χ0n) is 18.2. The topological polar surface area (TPSA) is 72.2 Å². The molecule has 0 N–H and O–H groups in total. The van der Waals surface area contributed by atoms with Crippen LogP contribution in [0.4, 0.5) is 0 Å². The van der Waals surface area contributed by atoms with Gasteiger partial charge in [-0.15, -0.1) is 11.3 Å². The first-order valence-electron chi connectivity index (χ1n) is 10.3. The third-order valence-electron chi connectivity index (χ3n) is 4.97. The number of rotatable bonds is 8. The molecule has 1 heterocycles. The molecule has 7 heteroatoms. The summed E-state index contributed by atoms with van der Waals surface area (Å²) in [5.74, 6) is 1.13. The summed E-state index contributed by atoms with van der Waals surface area (Å²) < 4.78 is 10.7. The largest absolute Gasteiger partial charge is 0.497 e. The Morgan fingerprint density at radius 2 is 1.71 bits per heavy atom. The van der Waals surface area contributed by atoms with Gasteiger partial charge in [-0.25, -0.2) is 4.98 Å². The summed E-state index contributed by atoms with van der Waals surface area (Å²) >= 11 is 7.36. The van der Waals surface area contributed by atoms with Crippen LogP contribution in [0.15, 0.2) is 78.2 Å². The van der Waals surface area contributed by atoms with Gasteiger partial charge < -0.3 is 9.47 Å². The molecule has 4 rings (SSSR count). The predicted molar refractivity (Wildman–Crippen MR) is 135 cm³/mol. The molecule has 0 aliphatic rings. The molecule has 0 aliphatic heterocycles. The average Bonchev–Trinajstić information content (AvgIpc) is 3.37. The maximum absolute atomic E-state index is 12.3. The molecule has 0 saturated carbocycles. The van der Waals surface area contributed by atoms with Crippen LogP contribution in [0.25, 0.3) is 22.9 Å². The fraction of sp³-hybridized carbons (Fsp3) is 0.0741. The Balaban J connectivity index is 1.41. The summed E-state index contributed by atoms with van der Waals surface area (Å²) in [4.78, 5) is 16.9. The van der Waals surface area contributed by atoms with Crippen molar-refractivity contribution in [3.8, 4) is 28.8 Å². The van der Waals surface area contributed by atoms with Gasteiger partial charge in [0, 0.05) is 21.5 Å². The summed E-state index contributed by atoms with van der Waals surface area (Å²) in [7, 11) is 1.58. The van der Waals surface area contributed by atoms with E-state index in [1.165, 1.54) is 11.3 Å². The molecular formula is C27H19ClN2O3S. The third kappa shape index (κ3) is 5.70. The first kappa shape index (κ1) is 23.2. The minimum Gasteiger partial charge on any atom is -0.497 e. The molecule has 0 aliphatic carbocycles. The number of thiazole rings is 1. The average molecular weight is 487 g/mol. The van der Waals surface area contributed by atoms with Crippen LogP contribution in [-0.2, 0) is 0 Å². The number of ether oxygens (including phenoxy) is 2. The molecule has 1 aromatic heterocycles. The standard InChI is InChI=1S/C27H19ClN2O3S/c1-32-23-12-6-20(7-13-23)26(31)16-33-24-10-2-18(3-11-24)14-21(15-29)27-30-25(17-34-27)19-4-8-22(28)9-5-19/h2-14,17H,16H2,1H3. The second-order valence-electron chi connectivity index (χ2n) is 7.22. The zero-order chi connectivity index (χ0) is 23.9. The van der Waals surface area contributed by atoms with Crippen LogP contribution in [0.3, 0.4) is 0 Å². The summed E-state index contributed by atoms with van der Waals surface area (Å²) in [5.41, 5.74) is 3.58. The number of hydrogen-bond donors (Lipinski definition) is 0. The molecule has 0 saturated heterocycles. The lowest BCUT2D eigenvalue weighted by Crippen LogP contribution is -2.11. The Kier molecular flexibility index (Phi) is 7.38. The van der Waals surface area contributed by atoms with Crippen LogP contribution < -0.4 is 9.47 Å². The van der Waals surface area contributed by atoms with E-state index in [9.17, 15) is 10.1 Å². The van der Waals surface area contributed by atoms with E-state index in [2.05, 4.69) is 11.1 Å². The first-order valence-corrected chi connectivity index (χ1v) is 11.6.